The Balaban J connectivity index is 1.79. The fourth-order valence-electron chi connectivity index (χ4n) is 2.70. The Hall–Kier alpha value is -1.45. The maximum Gasteiger partial charge on any atom is 0.242 e. The summed E-state index contributed by atoms with van der Waals surface area (Å²) >= 11 is 12.1. The number of nitrogens with one attached hydrogen (secondary N) is 1. The first kappa shape index (κ1) is 20.3. The molecule has 0 atom stereocenters. The molecule has 1 aromatic heterocycles. The molecule has 0 aliphatic carbocycles. The number of halogens is 2. The monoisotopic (exact) mass is 430 g/mol. The number of ether oxygens (including phenoxy) is 1. The Labute approximate surface area is 168 Å². The number of nitrogens with zero attached hydrogens (tertiary/aromatic N) is 3. The fourth-order valence-corrected chi connectivity index (χ4v) is 4.52. The molecule has 3 rings (SSSR count). The number of morpholine rings is 1. The number of hydrogen-bond donors (Lipinski definition) is 1. The first-order valence-electron chi connectivity index (χ1n) is 8.39. The van der Waals surface area contributed by atoms with E-state index in [4.69, 9.17) is 27.9 Å². The van der Waals surface area contributed by atoms with Crippen LogP contribution in [0.3, 0.4) is 0 Å². The minimum atomic E-state index is -3.81. The summed E-state index contributed by atoms with van der Waals surface area (Å²) in [5, 5.41) is 0.492. The number of sulfonamides is 1. The summed E-state index contributed by atoms with van der Waals surface area (Å²) in [6.45, 7) is 6.24. The Kier molecular flexibility index (Phi) is 6.22. The van der Waals surface area contributed by atoms with Gasteiger partial charge in [-0.15, -0.1) is 0 Å². The third kappa shape index (κ3) is 4.89. The first-order chi connectivity index (χ1) is 12.8. The van der Waals surface area contributed by atoms with Crippen LogP contribution in [-0.4, -0.2) is 44.7 Å². The van der Waals surface area contributed by atoms with E-state index in [9.17, 15) is 8.42 Å². The van der Waals surface area contributed by atoms with E-state index in [1.165, 1.54) is 12.1 Å². The minimum Gasteiger partial charge on any atom is -0.378 e. The predicted octanol–water partition coefficient (Wildman–Crippen LogP) is 2.72. The highest BCUT2D eigenvalue weighted by atomic mass is 35.5. The molecule has 2 aromatic rings. The highest BCUT2D eigenvalue weighted by molar-refractivity contribution is 7.89. The summed E-state index contributed by atoms with van der Waals surface area (Å²) in [7, 11) is -3.81. The van der Waals surface area contributed by atoms with E-state index in [0.29, 0.717) is 48.5 Å². The van der Waals surface area contributed by atoms with Crippen LogP contribution in [-0.2, 0) is 21.3 Å². The van der Waals surface area contributed by atoms with Crippen molar-refractivity contribution < 1.29 is 13.2 Å². The number of anilines is 1. The molecule has 146 valence electrons. The minimum absolute atomic E-state index is 0.00903. The van der Waals surface area contributed by atoms with Crippen molar-refractivity contribution in [2.24, 2.45) is 0 Å². The fraction of sp³-hybridized carbons (Fsp3) is 0.412. The lowest BCUT2D eigenvalue weighted by molar-refractivity contribution is 0.122. The number of aromatic nitrogens is 2. The van der Waals surface area contributed by atoms with E-state index >= 15 is 0 Å². The van der Waals surface area contributed by atoms with Crippen molar-refractivity contribution >= 4 is 39.2 Å². The lowest BCUT2D eigenvalue weighted by Crippen LogP contribution is -2.37. The third-order valence-corrected chi connectivity index (χ3v) is 6.41. The first-order valence-corrected chi connectivity index (χ1v) is 10.6. The van der Waals surface area contributed by atoms with Crippen LogP contribution in [0.25, 0.3) is 0 Å². The SMILES string of the molecule is Cc1cc(CNS(=O)(=O)c2cc(C)c(Cl)cc2Cl)nc(N2CCOCC2)n1. The molecule has 1 fully saturated rings. The summed E-state index contributed by atoms with van der Waals surface area (Å²) in [6.07, 6.45) is 0. The van der Waals surface area contributed by atoms with Crippen LogP contribution in [0, 0.1) is 13.8 Å². The molecule has 0 unspecified atom stereocenters. The van der Waals surface area contributed by atoms with Crippen molar-refractivity contribution in [3.8, 4) is 0 Å². The van der Waals surface area contributed by atoms with Crippen LogP contribution >= 0.6 is 23.2 Å². The summed E-state index contributed by atoms with van der Waals surface area (Å²) < 4.78 is 33.2. The zero-order chi connectivity index (χ0) is 19.6. The Morgan fingerprint density at radius 1 is 1.11 bits per heavy atom. The zero-order valence-corrected chi connectivity index (χ0v) is 17.3. The summed E-state index contributed by atoms with van der Waals surface area (Å²) in [5.41, 5.74) is 1.98. The molecule has 1 saturated heterocycles. The Morgan fingerprint density at radius 3 is 2.52 bits per heavy atom. The van der Waals surface area contributed by atoms with Crippen molar-refractivity contribution in [2.45, 2.75) is 25.3 Å². The van der Waals surface area contributed by atoms with Crippen LogP contribution in [0.5, 0.6) is 0 Å². The highest BCUT2D eigenvalue weighted by Crippen LogP contribution is 2.28. The van der Waals surface area contributed by atoms with Crippen molar-refractivity contribution in [3.63, 3.8) is 0 Å². The van der Waals surface area contributed by atoms with Crippen LogP contribution < -0.4 is 9.62 Å². The maximum atomic E-state index is 12.7. The van der Waals surface area contributed by atoms with Gasteiger partial charge >= 0.3 is 0 Å². The summed E-state index contributed by atoms with van der Waals surface area (Å²) in [5.74, 6) is 0.577. The summed E-state index contributed by atoms with van der Waals surface area (Å²) in [4.78, 5) is 10.9. The van der Waals surface area contributed by atoms with Crippen LogP contribution in [0.15, 0.2) is 23.1 Å². The van der Waals surface area contributed by atoms with Gasteiger partial charge in [-0.2, -0.15) is 0 Å². The van der Waals surface area contributed by atoms with E-state index in [2.05, 4.69) is 14.7 Å². The Bertz CT molecular complexity index is 947. The smallest absolute Gasteiger partial charge is 0.242 e. The summed E-state index contributed by atoms with van der Waals surface area (Å²) in [6, 6.07) is 4.64. The predicted molar refractivity (Wildman–Crippen MR) is 105 cm³/mol. The van der Waals surface area contributed by atoms with Gasteiger partial charge in [-0.05, 0) is 37.6 Å². The molecular formula is C17H20Cl2N4O3S. The normalized spacial score (nSPS) is 15.2. The number of aryl methyl sites for hydroxylation is 2. The number of benzene rings is 1. The van der Waals surface area contributed by atoms with E-state index in [1.54, 1.807) is 13.0 Å². The highest BCUT2D eigenvalue weighted by Gasteiger charge is 2.20. The van der Waals surface area contributed by atoms with Crippen molar-refractivity contribution in [2.75, 3.05) is 31.2 Å². The lowest BCUT2D eigenvalue weighted by Gasteiger charge is -2.27. The van der Waals surface area contributed by atoms with Crippen molar-refractivity contribution in [1.29, 1.82) is 0 Å². The quantitative estimate of drug-likeness (QED) is 0.784. The molecule has 1 aromatic carbocycles. The number of rotatable bonds is 5. The zero-order valence-electron chi connectivity index (χ0n) is 15.0. The average Bonchev–Trinajstić information content (AvgIpc) is 2.63. The van der Waals surface area contributed by atoms with Gasteiger partial charge in [-0.1, -0.05) is 23.2 Å². The molecule has 1 aliphatic heterocycles. The maximum absolute atomic E-state index is 12.7. The third-order valence-electron chi connectivity index (χ3n) is 4.14. The second kappa shape index (κ2) is 8.28. The van der Waals surface area contributed by atoms with Gasteiger partial charge in [0.25, 0.3) is 0 Å². The molecule has 7 nitrogen and oxygen atoms in total. The molecule has 10 heteroatoms. The van der Waals surface area contributed by atoms with Crippen molar-refractivity contribution in [3.05, 3.63) is 45.2 Å². The van der Waals surface area contributed by atoms with Crippen LogP contribution in [0.2, 0.25) is 10.0 Å². The van der Waals surface area contributed by atoms with E-state index in [0.717, 1.165) is 5.69 Å². The average molecular weight is 431 g/mol. The van der Waals surface area contributed by atoms with E-state index in [-0.39, 0.29) is 16.5 Å². The van der Waals surface area contributed by atoms with Gasteiger partial charge in [-0.25, -0.2) is 23.1 Å². The Morgan fingerprint density at radius 2 is 1.81 bits per heavy atom. The molecule has 0 saturated carbocycles. The van der Waals surface area contributed by atoms with Gasteiger partial charge in [0.15, 0.2) is 0 Å². The van der Waals surface area contributed by atoms with Crippen LogP contribution in [0.1, 0.15) is 17.0 Å². The van der Waals surface area contributed by atoms with Gasteiger partial charge in [0.2, 0.25) is 16.0 Å². The molecule has 27 heavy (non-hydrogen) atoms. The molecule has 2 heterocycles. The van der Waals surface area contributed by atoms with Gasteiger partial charge in [0.1, 0.15) is 4.90 Å². The lowest BCUT2D eigenvalue weighted by atomic mass is 10.2. The molecule has 0 bridgehead atoms. The molecule has 0 amide bonds. The largest absolute Gasteiger partial charge is 0.378 e. The number of hydrogen-bond acceptors (Lipinski definition) is 6. The van der Waals surface area contributed by atoms with E-state index < -0.39 is 10.0 Å². The molecule has 1 N–H and O–H groups in total. The second-order valence-corrected chi connectivity index (χ2v) is 8.81. The standard InChI is InChI=1S/C17H20Cl2N4O3S/c1-11-7-16(15(19)9-14(11)18)27(24,25)20-10-13-8-12(2)21-17(22-13)23-3-5-26-6-4-23/h7-9,20H,3-6,10H2,1-2H3. The van der Waals surface area contributed by atoms with Crippen LogP contribution in [0.4, 0.5) is 5.95 Å². The van der Waals surface area contributed by atoms with Gasteiger partial charge in [-0.3, -0.25) is 0 Å². The molecule has 1 aliphatic rings. The van der Waals surface area contributed by atoms with Gasteiger partial charge < -0.3 is 9.64 Å². The van der Waals surface area contributed by atoms with Gasteiger partial charge in [0, 0.05) is 23.8 Å². The molecule has 0 spiro atoms. The topological polar surface area (TPSA) is 84.4 Å². The molecular weight excluding hydrogens is 411 g/mol. The van der Waals surface area contributed by atoms with Gasteiger partial charge in [0.05, 0.1) is 30.5 Å². The molecule has 0 radical (unpaired) electrons. The second-order valence-electron chi connectivity index (χ2n) is 6.26. The van der Waals surface area contributed by atoms with Crippen molar-refractivity contribution in [1.82, 2.24) is 14.7 Å². The van der Waals surface area contributed by atoms with E-state index in [1.807, 2.05) is 11.8 Å².